The zero-order valence-electron chi connectivity index (χ0n) is 10.9. The van der Waals surface area contributed by atoms with Crippen molar-refractivity contribution in [2.75, 3.05) is 20.1 Å². The Bertz CT molecular complexity index is 441. The van der Waals surface area contributed by atoms with Crippen LogP contribution in [0.25, 0.3) is 0 Å². The van der Waals surface area contributed by atoms with E-state index in [-0.39, 0.29) is 11.7 Å². The summed E-state index contributed by atoms with van der Waals surface area (Å²) in [5, 5.41) is 12.6. The minimum absolute atomic E-state index is 0.0746. The molecule has 2 N–H and O–H groups in total. The van der Waals surface area contributed by atoms with Crippen molar-refractivity contribution in [1.29, 1.82) is 0 Å². The van der Waals surface area contributed by atoms with E-state index in [1.807, 2.05) is 0 Å². The fraction of sp³-hybridized carbons (Fsp3) is 0.500. The summed E-state index contributed by atoms with van der Waals surface area (Å²) in [7, 11) is 2.08. The van der Waals surface area contributed by atoms with Gasteiger partial charge in [0.2, 0.25) is 0 Å². The van der Waals surface area contributed by atoms with Gasteiger partial charge in [0.05, 0.1) is 5.56 Å². The van der Waals surface area contributed by atoms with Gasteiger partial charge in [-0.05, 0) is 38.4 Å². The average molecular weight is 248 g/mol. The van der Waals surface area contributed by atoms with Gasteiger partial charge in [-0.15, -0.1) is 0 Å². The van der Waals surface area contributed by atoms with Crippen LogP contribution in [0.15, 0.2) is 18.2 Å². The summed E-state index contributed by atoms with van der Waals surface area (Å²) in [5.74, 6) is -0.133. The number of likely N-dealkylation sites (N-methyl/N-ethyl adjacent to an activating group) is 1. The fourth-order valence-electron chi connectivity index (χ4n) is 1.98. The molecule has 1 aliphatic carbocycles. The average Bonchev–Trinajstić information content (AvgIpc) is 3.16. The molecule has 0 saturated heterocycles. The number of para-hydroxylation sites is 1. The third-order valence-electron chi connectivity index (χ3n) is 3.40. The number of rotatable bonds is 5. The number of hydrogen-bond acceptors (Lipinski definition) is 3. The Kier molecular flexibility index (Phi) is 3.87. The normalized spacial score (nSPS) is 14.8. The van der Waals surface area contributed by atoms with E-state index in [1.54, 1.807) is 25.1 Å². The smallest absolute Gasteiger partial charge is 0.255 e. The van der Waals surface area contributed by atoms with Crippen molar-refractivity contribution in [2.45, 2.75) is 25.8 Å². The van der Waals surface area contributed by atoms with Crippen LogP contribution < -0.4 is 5.32 Å². The van der Waals surface area contributed by atoms with Gasteiger partial charge >= 0.3 is 0 Å². The number of benzene rings is 1. The lowest BCUT2D eigenvalue weighted by molar-refractivity contribution is 0.0946. The Morgan fingerprint density at radius 1 is 1.50 bits per heavy atom. The minimum atomic E-state index is -0.208. The lowest BCUT2D eigenvalue weighted by atomic mass is 10.1. The summed E-state index contributed by atoms with van der Waals surface area (Å²) in [5.41, 5.74) is 1.07. The van der Waals surface area contributed by atoms with E-state index in [2.05, 4.69) is 17.3 Å². The van der Waals surface area contributed by atoms with E-state index in [1.165, 1.54) is 12.8 Å². The van der Waals surface area contributed by atoms with Crippen molar-refractivity contribution in [3.05, 3.63) is 29.3 Å². The number of aromatic hydroxyl groups is 1. The highest BCUT2D eigenvalue weighted by molar-refractivity contribution is 5.97. The fourth-order valence-corrected chi connectivity index (χ4v) is 1.98. The van der Waals surface area contributed by atoms with E-state index < -0.39 is 0 Å². The number of nitrogens with one attached hydrogen (secondary N) is 1. The molecule has 2 rings (SSSR count). The standard InChI is InChI=1S/C14H20N2O2/c1-10-4-3-5-12(13(10)17)14(18)15-8-9-16(2)11-6-7-11/h3-5,11,17H,6-9H2,1-2H3,(H,15,18). The first-order valence-corrected chi connectivity index (χ1v) is 6.36. The van der Waals surface area contributed by atoms with Crippen LogP contribution in [-0.4, -0.2) is 42.1 Å². The highest BCUT2D eigenvalue weighted by atomic mass is 16.3. The number of carbonyl (C=O) groups excluding carboxylic acids is 1. The SMILES string of the molecule is Cc1cccc(C(=O)NCCN(C)C2CC2)c1O. The maximum Gasteiger partial charge on any atom is 0.255 e. The van der Waals surface area contributed by atoms with Crippen LogP contribution in [0.3, 0.4) is 0 Å². The molecule has 0 heterocycles. The van der Waals surface area contributed by atoms with E-state index in [0.717, 1.165) is 12.1 Å². The molecule has 1 aromatic rings. The summed E-state index contributed by atoms with van der Waals surface area (Å²) in [6.45, 7) is 3.25. The molecule has 1 fully saturated rings. The van der Waals surface area contributed by atoms with Gasteiger partial charge in [-0.2, -0.15) is 0 Å². The Balaban J connectivity index is 1.85. The second-order valence-corrected chi connectivity index (χ2v) is 4.94. The third kappa shape index (κ3) is 3.01. The minimum Gasteiger partial charge on any atom is -0.507 e. The molecule has 1 saturated carbocycles. The van der Waals surface area contributed by atoms with Gasteiger partial charge in [0.1, 0.15) is 5.75 Å². The molecule has 0 aliphatic heterocycles. The molecule has 98 valence electrons. The highest BCUT2D eigenvalue weighted by Gasteiger charge is 2.25. The predicted molar refractivity (Wildman–Crippen MR) is 70.8 cm³/mol. The van der Waals surface area contributed by atoms with Crippen LogP contribution in [-0.2, 0) is 0 Å². The molecule has 0 radical (unpaired) electrons. The number of nitrogens with zero attached hydrogens (tertiary/aromatic N) is 1. The highest BCUT2D eigenvalue weighted by Crippen LogP contribution is 2.24. The number of phenols is 1. The van der Waals surface area contributed by atoms with Crippen molar-refractivity contribution in [1.82, 2.24) is 10.2 Å². The van der Waals surface area contributed by atoms with Crippen LogP contribution in [0.5, 0.6) is 5.75 Å². The Morgan fingerprint density at radius 2 is 2.22 bits per heavy atom. The largest absolute Gasteiger partial charge is 0.507 e. The Morgan fingerprint density at radius 3 is 2.89 bits per heavy atom. The maximum atomic E-state index is 11.9. The Labute approximate surface area is 108 Å². The van der Waals surface area contributed by atoms with E-state index in [9.17, 15) is 9.90 Å². The number of carbonyl (C=O) groups is 1. The number of amides is 1. The molecule has 0 unspecified atom stereocenters. The van der Waals surface area contributed by atoms with Crippen LogP contribution >= 0.6 is 0 Å². The zero-order chi connectivity index (χ0) is 13.1. The van der Waals surface area contributed by atoms with Crippen LogP contribution in [0.1, 0.15) is 28.8 Å². The van der Waals surface area contributed by atoms with Crippen molar-refractivity contribution in [2.24, 2.45) is 0 Å². The number of phenolic OH excluding ortho intramolecular Hbond substituents is 1. The second kappa shape index (κ2) is 5.40. The molecule has 0 aromatic heterocycles. The summed E-state index contributed by atoms with van der Waals surface area (Å²) in [4.78, 5) is 14.2. The lowest BCUT2D eigenvalue weighted by Crippen LogP contribution is -2.34. The second-order valence-electron chi connectivity index (χ2n) is 4.94. The first-order valence-electron chi connectivity index (χ1n) is 6.36. The van der Waals surface area contributed by atoms with Crippen LogP contribution in [0.4, 0.5) is 0 Å². The van der Waals surface area contributed by atoms with Gasteiger partial charge in [-0.25, -0.2) is 0 Å². The molecule has 1 aliphatic rings. The number of aryl methyl sites for hydroxylation is 1. The predicted octanol–water partition coefficient (Wildman–Crippen LogP) is 1.52. The molecule has 1 aromatic carbocycles. The molecule has 4 nitrogen and oxygen atoms in total. The van der Waals surface area contributed by atoms with Gasteiger partial charge in [0, 0.05) is 19.1 Å². The lowest BCUT2D eigenvalue weighted by Gasteiger charge is -2.16. The zero-order valence-corrected chi connectivity index (χ0v) is 10.9. The first-order chi connectivity index (χ1) is 8.59. The molecule has 0 spiro atoms. The van der Waals surface area contributed by atoms with Crippen molar-refractivity contribution in [3.8, 4) is 5.75 Å². The van der Waals surface area contributed by atoms with Gasteiger partial charge in [-0.1, -0.05) is 12.1 Å². The van der Waals surface area contributed by atoms with Gasteiger partial charge < -0.3 is 15.3 Å². The van der Waals surface area contributed by atoms with E-state index in [4.69, 9.17) is 0 Å². The molecular formula is C14H20N2O2. The van der Waals surface area contributed by atoms with Crippen molar-refractivity contribution in [3.63, 3.8) is 0 Å². The summed E-state index contributed by atoms with van der Waals surface area (Å²) in [6, 6.07) is 5.91. The van der Waals surface area contributed by atoms with Gasteiger partial charge in [0.25, 0.3) is 5.91 Å². The molecule has 18 heavy (non-hydrogen) atoms. The summed E-state index contributed by atoms with van der Waals surface area (Å²) in [6.07, 6.45) is 2.53. The van der Waals surface area contributed by atoms with Crippen LogP contribution in [0.2, 0.25) is 0 Å². The monoisotopic (exact) mass is 248 g/mol. The topological polar surface area (TPSA) is 52.6 Å². The first kappa shape index (κ1) is 12.9. The molecule has 4 heteroatoms. The molecule has 0 bridgehead atoms. The quantitative estimate of drug-likeness (QED) is 0.830. The van der Waals surface area contributed by atoms with Crippen molar-refractivity contribution >= 4 is 5.91 Å². The van der Waals surface area contributed by atoms with Crippen molar-refractivity contribution < 1.29 is 9.90 Å². The Hall–Kier alpha value is -1.55. The molecule has 0 atom stereocenters. The van der Waals surface area contributed by atoms with E-state index in [0.29, 0.717) is 18.2 Å². The third-order valence-corrected chi connectivity index (χ3v) is 3.40. The number of hydrogen-bond donors (Lipinski definition) is 2. The van der Waals surface area contributed by atoms with E-state index >= 15 is 0 Å². The molecular weight excluding hydrogens is 228 g/mol. The summed E-state index contributed by atoms with van der Waals surface area (Å²) >= 11 is 0. The van der Waals surface area contributed by atoms with Gasteiger partial charge in [-0.3, -0.25) is 4.79 Å². The van der Waals surface area contributed by atoms with Crippen LogP contribution in [0, 0.1) is 6.92 Å². The van der Waals surface area contributed by atoms with Gasteiger partial charge in [0.15, 0.2) is 0 Å². The maximum absolute atomic E-state index is 11.9. The molecule has 1 amide bonds. The summed E-state index contributed by atoms with van der Waals surface area (Å²) < 4.78 is 0.